The van der Waals surface area contributed by atoms with Crippen LogP contribution in [-0.4, -0.2) is 18.3 Å². The van der Waals surface area contributed by atoms with Crippen LogP contribution in [0.15, 0.2) is 18.2 Å². The number of aliphatic hydroxyl groups excluding tert-OH is 1. The normalized spacial score (nSPS) is 17.9. The molecule has 0 saturated heterocycles. The van der Waals surface area contributed by atoms with Gasteiger partial charge in [0, 0.05) is 17.0 Å². The van der Waals surface area contributed by atoms with E-state index in [9.17, 15) is 5.11 Å². The molecule has 2 rings (SSSR count). The van der Waals surface area contributed by atoms with Crippen molar-refractivity contribution < 1.29 is 5.11 Å². The highest BCUT2D eigenvalue weighted by Gasteiger charge is 2.36. The molecule has 0 spiro atoms. The van der Waals surface area contributed by atoms with Gasteiger partial charge in [-0.25, -0.2) is 0 Å². The van der Waals surface area contributed by atoms with E-state index in [1.54, 1.807) is 6.07 Å². The minimum absolute atomic E-state index is 0.0585. The Morgan fingerprint density at radius 2 is 2.06 bits per heavy atom. The third kappa shape index (κ3) is 2.45. The van der Waals surface area contributed by atoms with Gasteiger partial charge in [0.05, 0.1) is 17.3 Å². The summed E-state index contributed by atoms with van der Waals surface area (Å²) >= 11 is 11.9. The second-order valence-electron chi connectivity index (χ2n) is 4.49. The molecule has 0 aromatic heterocycles. The van der Waals surface area contributed by atoms with E-state index in [0.717, 1.165) is 25.1 Å². The number of benzene rings is 1. The Labute approximate surface area is 106 Å². The van der Waals surface area contributed by atoms with Crippen LogP contribution >= 0.6 is 23.2 Å². The molecule has 1 aliphatic rings. The Bertz CT molecular complexity index is 372. The van der Waals surface area contributed by atoms with Gasteiger partial charge in [-0.2, -0.15) is 0 Å². The van der Waals surface area contributed by atoms with Crippen LogP contribution in [0.3, 0.4) is 0 Å². The average Bonchev–Trinajstić information content (AvgIpc) is 2.19. The first-order valence-electron chi connectivity index (χ1n) is 5.45. The van der Waals surface area contributed by atoms with Gasteiger partial charge in [-0.3, -0.25) is 0 Å². The number of hydrogen-bond donors (Lipinski definition) is 2. The third-order valence-electron chi connectivity index (χ3n) is 3.33. The minimum Gasteiger partial charge on any atom is -0.396 e. The first-order chi connectivity index (χ1) is 7.65. The zero-order chi connectivity index (χ0) is 11.6. The Kier molecular flexibility index (Phi) is 3.63. The van der Waals surface area contributed by atoms with E-state index in [0.29, 0.717) is 10.0 Å². The molecule has 16 heavy (non-hydrogen) atoms. The predicted octanol–water partition coefficient (Wildman–Crippen LogP) is 3.57. The van der Waals surface area contributed by atoms with Gasteiger partial charge in [-0.15, -0.1) is 0 Å². The maximum atomic E-state index is 9.33. The Hall–Kier alpha value is -0.440. The smallest absolute Gasteiger partial charge is 0.0652 e. The number of nitrogens with one attached hydrogen (secondary N) is 1. The SMILES string of the molecule is OCC1(CNc2ccc(Cl)cc2Cl)CCC1. The summed E-state index contributed by atoms with van der Waals surface area (Å²) < 4.78 is 0. The van der Waals surface area contributed by atoms with Gasteiger partial charge in [0.1, 0.15) is 0 Å². The summed E-state index contributed by atoms with van der Waals surface area (Å²) in [5.74, 6) is 0. The highest BCUT2D eigenvalue weighted by Crippen LogP contribution is 2.40. The topological polar surface area (TPSA) is 32.3 Å². The molecule has 1 saturated carbocycles. The zero-order valence-corrected chi connectivity index (χ0v) is 10.5. The summed E-state index contributed by atoms with van der Waals surface area (Å²) in [6.07, 6.45) is 3.38. The minimum atomic E-state index is 0.0585. The van der Waals surface area contributed by atoms with Crippen molar-refractivity contribution in [2.75, 3.05) is 18.5 Å². The predicted molar refractivity (Wildman–Crippen MR) is 68.3 cm³/mol. The van der Waals surface area contributed by atoms with Crippen molar-refractivity contribution in [3.63, 3.8) is 0 Å². The molecular formula is C12H15Cl2NO. The van der Waals surface area contributed by atoms with Crippen LogP contribution in [0.4, 0.5) is 5.69 Å². The summed E-state index contributed by atoms with van der Waals surface area (Å²) in [5, 5.41) is 13.9. The molecule has 1 aliphatic carbocycles. The lowest BCUT2D eigenvalue weighted by molar-refractivity contribution is 0.0576. The lowest BCUT2D eigenvalue weighted by Crippen LogP contribution is -2.39. The Morgan fingerprint density at radius 3 is 2.56 bits per heavy atom. The van der Waals surface area contributed by atoms with Crippen LogP contribution in [0, 0.1) is 5.41 Å². The molecule has 0 bridgehead atoms. The van der Waals surface area contributed by atoms with Crippen LogP contribution < -0.4 is 5.32 Å². The van der Waals surface area contributed by atoms with Crippen LogP contribution in [0.1, 0.15) is 19.3 Å². The summed E-state index contributed by atoms with van der Waals surface area (Å²) in [6.45, 7) is 1.01. The Morgan fingerprint density at radius 1 is 1.31 bits per heavy atom. The number of halogens is 2. The average molecular weight is 260 g/mol. The quantitative estimate of drug-likeness (QED) is 0.867. The molecule has 1 aromatic rings. The van der Waals surface area contributed by atoms with Gasteiger partial charge in [0.25, 0.3) is 0 Å². The fourth-order valence-electron chi connectivity index (χ4n) is 1.98. The first-order valence-corrected chi connectivity index (χ1v) is 6.21. The number of aliphatic hydroxyl groups is 1. The molecule has 0 heterocycles. The van der Waals surface area contributed by atoms with Gasteiger partial charge >= 0.3 is 0 Å². The van der Waals surface area contributed by atoms with Crippen molar-refractivity contribution in [1.29, 1.82) is 0 Å². The van der Waals surface area contributed by atoms with Crippen molar-refractivity contribution in [3.8, 4) is 0 Å². The lowest BCUT2D eigenvalue weighted by Gasteiger charge is -2.40. The van der Waals surface area contributed by atoms with Gasteiger partial charge in [0.2, 0.25) is 0 Å². The highest BCUT2D eigenvalue weighted by molar-refractivity contribution is 6.36. The molecule has 0 aliphatic heterocycles. The van der Waals surface area contributed by atoms with Crippen molar-refractivity contribution in [2.24, 2.45) is 5.41 Å². The maximum absolute atomic E-state index is 9.33. The molecular weight excluding hydrogens is 245 g/mol. The fourth-order valence-corrected chi connectivity index (χ4v) is 2.46. The summed E-state index contributed by atoms with van der Waals surface area (Å²) in [6, 6.07) is 5.40. The van der Waals surface area contributed by atoms with Crippen molar-refractivity contribution in [1.82, 2.24) is 0 Å². The largest absolute Gasteiger partial charge is 0.396 e. The van der Waals surface area contributed by atoms with Crippen molar-refractivity contribution in [3.05, 3.63) is 28.2 Å². The Balaban J connectivity index is 1.99. The molecule has 2 N–H and O–H groups in total. The molecule has 0 amide bonds. The van der Waals surface area contributed by atoms with Gasteiger partial charge in [0.15, 0.2) is 0 Å². The summed E-state index contributed by atoms with van der Waals surface area (Å²) in [4.78, 5) is 0. The monoisotopic (exact) mass is 259 g/mol. The number of rotatable bonds is 4. The maximum Gasteiger partial charge on any atom is 0.0652 e. The first kappa shape index (κ1) is 12.0. The third-order valence-corrected chi connectivity index (χ3v) is 3.88. The molecule has 88 valence electrons. The standard InChI is InChI=1S/C12H15Cl2NO/c13-9-2-3-11(10(14)6-9)15-7-12(8-16)4-1-5-12/h2-3,6,15-16H,1,4-5,7-8H2. The van der Waals surface area contributed by atoms with Gasteiger partial charge < -0.3 is 10.4 Å². The van der Waals surface area contributed by atoms with E-state index < -0.39 is 0 Å². The summed E-state index contributed by atoms with van der Waals surface area (Å²) in [7, 11) is 0. The fraction of sp³-hybridized carbons (Fsp3) is 0.500. The molecule has 1 fully saturated rings. The van der Waals surface area contributed by atoms with Crippen LogP contribution in [0.25, 0.3) is 0 Å². The lowest BCUT2D eigenvalue weighted by atomic mass is 9.69. The van der Waals surface area contributed by atoms with E-state index in [1.165, 1.54) is 6.42 Å². The van der Waals surface area contributed by atoms with E-state index in [4.69, 9.17) is 23.2 Å². The molecule has 4 heteroatoms. The van der Waals surface area contributed by atoms with Crippen LogP contribution in [-0.2, 0) is 0 Å². The second kappa shape index (κ2) is 4.82. The zero-order valence-electron chi connectivity index (χ0n) is 8.97. The van der Waals surface area contributed by atoms with E-state index >= 15 is 0 Å². The van der Waals surface area contributed by atoms with E-state index in [1.807, 2.05) is 12.1 Å². The molecule has 2 nitrogen and oxygen atoms in total. The van der Waals surface area contributed by atoms with Crippen molar-refractivity contribution >= 4 is 28.9 Å². The van der Waals surface area contributed by atoms with E-state index in [-0.39, 0.29) is 12.0 Å². The van der Waals surface area contributed by atoms with Gasteiger partial charge in [-0.1, -0.05) is 29.6 Å². The highest BCUT2D eigenvalue weighted by atomic mass is 35.5. The summed E-state index contributed by atoms with van der Waals surface area (Å²) in [5.41, 5.74) is 0.939. The van der Waals surface area contributed by atoms with E-state index in [2.05, 4.69) is 5.32 Å². The van der Waals surface area contributed by atoms with Crippen LogP contribution in [0.2, 0.25) is 10.0 Å². The number of anilines is 1. The molecule has 0 unspecified atom stereocenters. The molecule has 1 aromatic carbocycles. The number of hydrogen-bond acceptors (Lipinski definition) is 2. The second-order valence-corrected chi connectivity index (χ2v) is 5.33. The van der Waals surface area contributed by atoms with Gasteiger partial charge in [-0.05, 0) is 31.0 Å². The molecule has 0 atom stereocenters. The van der Waals surface area contributed by atoms with Crippen LogP contribution in [0.5, 0.6) is 0 Å². The molecule has 0 radical (unpaired) electrons. The van der Waals surface area contributed by atoms with Crippen molar-refractivity contribution in [2.45, 2.75) is 19.3 Å².